The molecule has 0 aliphatic rings. The molecule has 6 aromatic rings. The van der Waals surface area contributed by atoms with Crippen LogP contribution in [0.25, 0.3) is 21.9 Å². The topological polar surface area (TPSA) is 150 Å². The number of fused-ring (bicyclic) bond motifs is 2. The predicted octanol–water partition coefficient (Wildman–Crippen LogP) is 7.33. The van der Waals surface area contributed by atoms with Crippen LogP contribution >= 0.6 is 0 Å². The number of esters is 1. The molecule has 0 aliphatic carbocycles. The number of furan rings is 2. The van der Waals surface area contributed by atoms with E-state index in [9.17, 15) is 15.0 Å². The van der Waals surface area contributed by atoms with Gasteiger partial charge in [0, 0.05) is 10.8 Å². The minimum Gasteiger partial charge on any atom is -0.493 e. The van der Waals surface area contributed by atoms with Gasteiger partial charge in [-0.15, -0.1) is 0 Å². The molecule has 11 nitrogen and oxygen atoms in total. The Balaban J connectivity index is 0.000000222. The summed E-state index contributed by atoms with van der Waals surface area (Å²) in [5, 5.41) is 29.3. The first-order chi connectivity index (χ1) is 23.9. The van der Waals surface area contributed by atoms with Crippen molar-refractivity contribution < 1.29 is 52.6 Å². The zero-order valence-corrected chi connectivity index (χ0v) is 27.4. The van der Waals surface area contributed by atoms with Gasteiger partial charge in [-0.05, 0) is 96.4 Å². The van der Waals surface area contributed by atoms with Gasteiger partial charge in [0.1, 0.15) is 36.2 Å². The Morgan fingerprint density at radius 3 is 1.46 bits per heavy atom. The first kappa shape index (κ1) is 37.3. The fourth-order valence-electron chi connectivity index (χ4n) is 5.00. The van der Waals surface area contributed by atoms with Crippen molar-refractivity contribution in [1.82, 2.24) is 0 Å². The van der Waals surface area contributed by atoms with Crippen LogP contribution in [0.3, 0.4) is 0 Å². The third kappa shape index (κ3) is 9.14. The summed E-state index contributed by atoms with van der Waals surface area (Å²) >= 11 is 0. The van der Waals surface area contributed by atoms with Crippen molar-refractivity contribution in [1.29, 1.82) is 0 Å². The largest absolute Gasteiger partial charge is 0.493 e. The molecule has 2 heterocycles. The molecular formula is C39H42O11. The summed E-state index contributed by atoms with van der Waals surface area (Å²) in [5.74, 6) is 3.40. The Labute approximate surface area is 290 Å². The van der Waals surface area contributed by atoms with Crippen LogP contribution in [0, 0.1) is 0 Å². The average molecular weight is 687 g/mol. The van der Waals surface area contributed by atoms with Crippen molar-refractivity contribution in [3.05, 3.63) is 119 Å². The Morgan fingerprint density at radius 1 is 0.620 bits per heavy atom. The normalized spacial score (nSPS) is 10.6. The van der Waals surface area contributed by atoms with Gasteiger partial charge >= 0.3 is 5.97 Å². The lowest BCUT2D eigenvalue weighted by atomic mass is 10.1. The van der Waals surface area contributed by atoms with Crippen molar-refractivity contribution in [2.75, 3.05) is 20.8 Å². The van der Waals surface area contributed by atoms with E-state index in [1.807, 2.05) is 36.4 Å². The van der Waals surface area contributed by atoms with E-state index in [0.717, 1.165) is 27.5 Å². The molecular weight excluding hydrogens is 644 g/mol. The van der Waals surface area contributed by atoms with Gasteiger partial charge in [-0.2, -0.15) is 0 Å². The zero-order chi connectivity index (χ0) is 34.8. The van der Waals surface area contributed by atoms with Crippen LogP contribution in [-0.2, 0) is 37.8 Å². The van der Waals surface area contributed by atoms with Gasteiger partial charge in [0.2, 0.25) is 0 Å². The van der Waals surface area contributed by atoms with E-state index >= 15 is 0 Å². The Kier molecular flexibility index (Phi) is 13.3. The maximum absolute atomic E-state index is 11.6. The van der Waals surface area contributed by atoms with Crippen molar-refractivity contribution in [3.8, 4) is 23.0 Å². The Morgan fingerprint density at radius 2 is 1.06 bits per heavy atom. The van der Waals surface area contributed by atoms with E-state index in [0.29, 0.717) is 57.9 Å². The fraction of sp³-hybridized carbons (Fsp3) is 0.256. The van der Waals surface area contributed by atoms with Crippen molar-refractivity contribution in [3.63, 3.8) is 0 Å². The molecule has 0 amide bonds. The van der Waals surface area contributed by atoms with Crippen LogP contribution in [0.1, 0.15) is 52.9 Å². The van der Waals surface area contributed by atoms with E-state index < -0.39 is 0 Å². The predicted molar refractivity (Wildman–Crippen MR) is 188 cm³/mol. The lowest BCUT2D eigenvalue weighted by molar-refractivity contribution is 0.0526. The molecule has 0 radical (unpaired) electrons. The van der Waals surface area contributed by atoms with Crippen LogP contribution in [-0.4, -0.2) is 42.1 Å². The smallest absolute Gasteiger partial charge is 0.338 e. The second-order valence-corrected chi connectivity index (χ2v) is 10.8. The SMILES string of the molecule is C.CCOC(=O)c1ccc(OCc2cc3cc(CO)cc(OC)c3o2)cc1.COc1cc(CO)cc2cc(COc3ccc(CO)cc3)oc12. The molecule has 0 atom stereocenters. The standard InChI is InChI=1S/C20H20O6.C18H18O5.CH4/c1-3-24-20(22)14-4-6-16(7-5-14)25-12-17-10-15-8-13(11-21)9-18(23-2)19(15)26-17;1-21-17-7-13(10-20)6-14-8-16(23-18(14)17)11-22-15-4-2-12(9-19)3-5-15;/h4-10,21H,3,11-12H2,1-2H3;2-8,19-20H,9-11H2,1H3;1H4. The maximum Gasteiger partial charge on any atom is 0.338 e. The molecule has 11 heteroatoms. The lowest BCUT2D eigenvalue weighted by Crippen LogP contribution is -2.04. The molecule has 0 saturated carbocycles. The van der Waals surface area contributed by atoms with E-state index in [1.165, 1.54) is 0 Å². The Hall–Kier alpha value is -5.49. The molecule has 6 rings (SSSR count). The summed E-state index contributed by atoms with van der Waals surface area (Å²) in [5.41, 5.74) is 4.07. The van der Waals surface area contributed by atoms with Crippen molar-refractivity contribution >= 4 is 27.9 Å². The van der Waals surface area contributed by atoms with Crippen molar-refractivity contribution in [2.45, 2.75) is 47.4 Å². The maximum atomic E-state index is 11.6. The fourth-order valence-corrected chi connectivity index (χ4v) is 5.00. The van der Waals surface area contributed by atoms with Crippen molar-refractivity contribution in [2.24, 2.45) is 0 Å². The number of carbonyl (C=O) groups is 1. The highest BCUT2D eigenvalue weighted by Crippen LogP contribution is 2.32. The molecule has 0 aliphatic heterocycles. The minimum absolute atomic E-state index is 0. The molecule has 2 aromatic heterocycles. The summed E-state index contributed by atoms with van der Waals surface area (Å²) in [6.07, 6.45) is 0. The highest BCUT2D eigenvalue weighted by Gasteiger charge is 2.13. The summed E-state index contributed by atoms with van der Waals surface area (Å²) in [7, 11) is 3.12. The molecule has 264 valence electrons. The van der Waals surface area contributed by atoms with E-state index in [-0.39, 0.29) is 46.4 Å². The van der Waals surface area contributed by atoms with Gasteiger partial charge in [0.05, 0.1) is 46.2 Å². The van der Waals surface area contributed by atoms with Crippen LogP contribution in [0.15, 0.2) is 93.8 Å². The number of aliphatic hydroxyl groups is 3. The van der Waals surface area contributed by atoms with Gasteiger partial charge in [0.15, 0.2) is 22.7 Å². The Bertz CT molecular complexity index is 1970. The van der Waals surface area contributed by atoms with Crippen LogP contribution in [0.2, 0.25) is 0 Å². The molecule has 0 saturated heterocycles. The van der Waals surface area contributed by atoms with E-state index in [4.69, 9.17) is 37.6 Å². The minimum atomic E-state index is -0.358. The lowest BCUT2D eigenvalue weighted by Gasteiger charge is -2.06. The zero-order valence-electron chi connectivity index (χ0n) is 27.4. The number of carbonyl (C=O) groups excluding carboxylic acids is 1. The van der Waals surface area contributed by atoms with E-state index in [2.05, 4.69) is 0 Å². The quantitative estimate of drug-likeness (QED) is 0.105. The summed E-state index contributed by atoms with van der Waals surface area (Å²) in [6, 6.07) is 24.9. The first-order valence-electron chi connectivity index (χ1n) is 15.5. The highest BCUT2D eigenvalue weighted by molar-refractivity contribution is 5.89. The highest BCUT2D eigenvalue weighted by atomic mass is 16.5. The number of ether oxygens (including phenoxy) is 5. The van der Waals surface area contributed by atoms with Gasteiger partial charge < -0.3 is 47.8 Å². The number of hydrogen-bond acceptors (Lipinski definition) is 11. The van der Waals surface area contributed by atoms with E-state index in [1.54, 1.807) is 69.7 Å². The molecule has 50 heavy (non-hydrogen) atoms. The summed E-state index contributed by atoms with van der Waals surface area (Å²) < 4.78 is 38.5. The molecule has 0 unspecified atom stereocenters. The molecule has 0 fully saturated rings. The third-order valence-electron chi connectivity index (χ3n) is 7.42. The molecule has 0 spiro atoms. The summed E-state index contributed by atoms with van der Waals surface area (Å²) in [4.78, 5) is 11.6. The molecule has 4 aromatic carbocycles. The number of aliphatic hydroxyl groups excluding tert-OH is 3. The monoisotopic (exact) mass is 686 g/mol. The van der Waals surface area contributed by atoms with Crippen LogP contribution in [0.4, 0.5) is 0 Å². The van der Waals surface area contributed by atoms with Gasteiger partial charge in [-0.1, -0.05) is 19.6 Å². The van der Waals surface area contributed by atoms with Crippen LogP contribution < -0.4 is 18.9 Å². The average Bonchev–Trinajstić information content (AvgIpc) is 3.76. The third-order valence-corrected chi connectivity index (χ3v) is 7.42. The second kappa shape index (κ2) is 17.8. The summed E-state index contributed by atoms with van der Waals surface area (Å²) in [6.45, 7) is 2.50. The van der Waals surface area contributed by atoms with Crippen LogP contribution in [0.5, 0.6) is 23.0 Å². The number of hydrogen-bond donors (Lipinski definition) is 3. The van der Waals surface area contributed by atoms with Gasteiger partial charge in [-0.3, -0.25) is 0 Å². The first-order valence-corrected chi connectivity index (χ1v) is 15.5. The number of methoxy groups -OCH3 is 2. The second-order valence-electron chi connectivity index (χ2n) is 10.8. The molecule has 0 bridgehead atoms. The van der Waals surface area contributed by atoms with Gasteiger partial charge in [-0.25, -0.2) is 4.79 Å². The number of benzene rings is 4. The molecule has 3 N–H and O–H groups in total. The number of rotatable bonds is 13. The van der Waals surface area contributed by atoms with Gasteiger partial charge in [0.25, 0.3) is 0 Å².